The number of rotatable bonds is 11. The maximum absolute atomic E-state index is 11.9. The topological polar surface area (TPSA) is 52.6 Å². The fraction of sp³-hybridized carbons (Fsp3) is 0.579. The Hall–Kier alpha value is -1.84. The molecule has 23 heavy (non-hydrogen) atoms. The van der Waals surface area contributed by atoms with Gasteiger partial charge in [-0.3, -0.25) is 9.59 Å². The number of hydrogen-bond acceptors (Lipinski definition) is 4. The molecule has 0 spiro atoms. The Morgan fingerprint density at radius 2 is 1.26 bits per heavy atom. The number of para-hydroxylation sites is 2. The molecule has 0 aromatic heterocycles. The predicted octanol–water partition coefficient (Wildman–Crippen LogP) is 5.05. The minimum Gasteiger partial charge on any atom is -0.423 e. The van der Waals surface area contributed by atoms with E-state index in [2.05, 4.69) is 6.92 Å². The van der Waals surface area contributed by atoms with E-state index < -0.39 is 0 Å². The third kappa shape index (κ3) is 8.38. The van der Waals surface area contributed by atoms with Gasteiger partial charge in [-0.25, -0.2) is 0 Å². The molecule has 0 aliphatic rings. The molecule has 1 aromatic carbocycles. The molecule has 0 heterocycles. The van der Waals surface area contributed by atoms with E-state index in [0.717, 1.165) is 25.7 Å². The molecule has 0 N–H and O–H groups in total. The highest BCUT2D eigenvalue weighted by Crippen LogP contribution is 2.27. The van der Waals surface area contributed by atoms with E-state index in [1.165, 1.54) is 19.3 Å². The summed E-state index contributed by atoms with van der Waals surface area (Å²) in [7, 11) is 0. The Bertz CT molecular complexity index is 482. The first-order valence-electron chi connectivity index (χ1n) is 8.67. The third-order valence-corrected chi connectivity index (χ3v) is 3.49. The van der Waals surface area contributed by atoms with Gasteiger partial charge in [0.05, 0.1) is 0 Å². The summed E-state index contributed by atoms with van der Waals surface area (Å²) in [5.74, 6) is 0.0292. The van der Waals surface area contributed by atoms with Gasteiger partial charge in [-0.1, -0.05) is 58.1 Å². The summed E-state index contributed by atoms with van der Waals surface area (Å²) in [6.45, 7) is 4.09. The van der Waals surface area contributed by atoms with Crippen LogP contribution in [0.15, 0.2) is 24.3 Å². The molecule has 0 atom stereocenters. The molecule has 128 valence electrons. The molecule has 4 heteroatoms. The molecule has 0 amide bonds. The van der Waals surface area contributed by atoms with Gasteiger partial charge in [-0.2, -0.15) is 0 Å². The largest absolute Gasteiger partial charge is 0.423 e. The van der Waals surface area contributed by atoms with Crippen LogP contribution in [-0.4, -0.2) is 11.9 Å². The normalized spacial score (nSPS) is 10.3. The molecule has 0 aliphatic carbocycles. The molecular weight excluding hydrogens is 292 g/mol. The number of carbonyl (C=O) groups is 2. The molecule has 1 aromatic rings. The van der Waals surface area contributed by atoms with Crippen LogP contribution in [0.3, 0.4) is 0 Å². The second kappa shape index (κ2) is 11.7. The summed E-state index contributed by atoms with van der Waals surface area (Å²) in [4.78, 5) is 23.5. The van der Waals surface area contributed by atoms with Crippen molar-refractivity contribution in [2.45, 2.75) is 71.6 Å². The Balaban J connectivity index is 2.40. The van der Waals surface area contributed by atoms with Crippen LogP contribution in [0.4, 0.5) is 0 Å². The van der Waals surface area contributed by atoms with Crippen LogP contribution in [0.5, 0.6) is 11.5 Å². The van der Waals surface area contributed by atoms with Crippen molar-refractivity contribution in [2.75, 3.05) is 0 Å². The third-order valence-electron chi connectivity index (χ3n) is 3.49. The molecule has 0 saturated carbocycles. The molecule has 0 bridgehead atoms. The second-order valence-corrected chi connectivity index (χ2v) is 5.66. The van der Waals surface area contributed by atoms with E-state index in [-0.39, 0.29) is 11.9 Å². The number of unbranched alkanes of at least 4 members (excludes halogenated alkanes) is 5. The van der Waals surface area contributed by atoms with Crippen LogP contribution in [-0.2, 0) is 9.59 Å². The standard InChI is InChI=1S/C19H28O4/c1-3-5-6-7-8-9-15-19(21)23-17-14-11-10-13-16(17)22-18(20)12-4-2/h10-11,13-14H,3-9,12,15H2,1-2H3. The van der Waals surface area contributed by atoms with E-state index >= 15 is 0 Å². The predicted molar refractivity (Wildman–Crippen MR) is 90.6 cm³/mol. The maximum Gasteiger partial charge on any atom is 0.311 e. The van der Waals surface area contributed by atoms with Gasteiger partial charge in [-0.05, 0) is 25.0 Å². The fourth-order valence-electron chi connectivity index (χ4n) is 2.22. The average molecular weight is 320 g/mol. The van der Waals surface area contributed by atoms with Gasteiger partial charge < -0.3 is 9.47 Å². The first-order valence-corrected chi connectivity index (χ1v) is 8.67. The van der Waals surface area contributed by atoms with Gasteiger partial charge in [0.2, 0.25) is 0 Å². The number of carbonyl (C=O) groups excluding carboxylic acids is 2. The van der Waals surface area contributed by atoms with Crippen LogP contribution in [0.25, 0.3) is 0 Å². The van der Waals surface area contributed by atoms with Crippen LogP contribution in [0.2, 0.25) is 0 Å². The zero-order valence-corrected chi connectivity index (χ0v) is 14.3. The van der Waals surface area contributed by atoms with Crippen molar-refractivity contribution in [3.05, 3.63) is 24.3 Å². The van der Waals surface area contributed by atoms with E-state index in [1.54, 1.807) is 24.3 Å². The summed E-state index contributed by atoms with van der Waals surface area (Å²) in [5, 5.41) is 0. The molecule has 1 rings (SSSR count). The fourth-order valence-corrected chi connectivity index (χ4v) is 2.22. The lowest BCUT2D eigenvalue weighted by Gasteiger charge is -2.10. The first-order chi connectivity index (χ1) is 11.2. The highest BCUT2D eigenvalue weighted by atomic mass is 16.6. The summed E-state index contributed by atoms with van der Waals surface area (Å²) in [6, 6.07) is 6.79. The SMILES string of the molecule is CCCCCCCCC(=O)Oc1ccccc1OC(=O)CCC. The number of hydrogen-bond donors (Lipinski definition) is 0. The number of ether oxygens (including phenoxy) is 2. The Labute approximate surface area is 139 Å². The summed E-state index contributed by atoms with van der Waals surface area (Å²) >= 11 is 0. The average Bonchev–Trinajstić information content (AvgIpc) is 2.53. The van der Waals surface area contributed by atoms with E-state index in [9.17, 15) is 9.59 Å². The summed E-state index contributed by atoms with van der Waals surface area (Å²) < 4.78 is 10.6. The summed E-state index contributed by atoms with van der Waals surface area (Å²) in [5.41, 5.74) is 0. The number of benzene rings is 1. The van der Waals surface area contributed by atoms with E-state index in [1.807, 2.05) is 6.92 Å². The minimum absolute atomic E-state index is 0.278. The monoisotopic (exact) mass is 320 g/mol. The van der Waals surface area contributed by atoms with E-state index in [0.29, 0.717) is 24.3 Å². The maximum atomic E-state index is 11.9. The van der Waals surface area contributed by atoms with Crippen molar-refractivity contribution in [1.82, 2.24) is 0 Å². The van der Waals surface area contributed by atoms with Crippen molar-refractivity contribution in [2.24, 2.45) is 0 Å². The highest BCUT2D eigenvalue weighted by molar-refractivity contribution is 5.76. The zero-order chi connectivity index (χ0) is 16.9. The molecule has 0 saturated heterocycles. The van der Waals surface area contributed by atoms with Gasteiger partial charge in [0.25, 0.3) is 0 Å². The smallest absolute Gasteiger partial charge is 0.311 e. The van der Waals surface area contributed by atoms with Crippen LogP contribution in [0, 0.1) is 0 Å². The molecular formula is C19H28O4. The Kier molecular flexibility index (Phi) is 9.76. The molecule has 0 unspecified atom stereocenters. The van der Waals surface area contributed by atoms with E-state index in [4.69, 9.17) is 9.47 Å². The van der Waals surface area contributed by atoms with Crippen molar-refractivity contribution in [3.8, 4) is 11.5 Å². The second-order valence-electron chi connectivity index (χ2n) is 5.66. The zero-order valence-electron chi connectivity index (χ0n) is 14.3. The lowest BCUT2D eigenvalue weighted by atomic mass is 10.1. The first kappa shape index (κ1) is 19.2. The molecule has 4 nitrogen and oxygen atoms in total. The minimum atomic E-state index is -0.313. The number of esters is 2. The highest BCUT2D eigenvalue weighted by Gasteiger charge is 2.12. The lowest BCUT2D eigenvalue weighted by molar-refractivity contribution is -0.137. The van der Waals surface area contributed by atoms with Gasteiger partial charge in [0, 0.05) is 12.8 Å². The summed E-state index contributed by atoms with van der Waals surface area (Å²) in [6.07, 6.45) is 8.19. The molecule has 0 radical (unpaired) electrons. The van der Waals surface area contributed by atoms with Crippen LogP contribution >= 0.6 is 0 Å². The lowest BCUT2D eigenvalue weighted by Crippen LogP contribution is -2.11. The van der Waals surface area contributed by atoms with Crippen LogP contribution in [0.1, 0.15) is 71.6 Å². The van der Waals surface area contributed by atoms with Gasteiger partial charge >= 0.3 is 11.9 Å². The van der Waals surface area contributed by atoms with Gasteiger partial charge in [0.15, 0.2) is 11.5 Å². The van der Waals surface area contributed by atoms with Crippen molar-refractivity contribution in [3.63, 3.8) is 0 Å². The van der Waals surface area contributed by atoms with Gasteiger partial charge in [-0.15, -0.1) is 0 Å². The van der Waals surface area contributed by atoms with Crippen LogP contribution < -0.4 is 9.47 Å². The Morgan fingerprint density at radius 3 is 1.83 bits per heavy atom. The van der Waals surface area contributed by atoms with Gasteiger partial charge in [0.1, 0.15) is 0 Å². The van der Waals surface area contributed by atoms with Crippen molar-refractivity contribution < 1.29 is 19.1 Å². The van der Waals surface area contributed by atoms with Crippen molar-refractivity contribution in [1.29, 1.82) is 0 Å². The van der Waals surface area contributed by atoms with Crippen molar-refractivity contribution >= 4 is 11.9 Å². The molecule has 0 aliphatic heterocycles. The Morgan fingerprint density at radius 1 is 0.739 bits per heavy atom. The quantitative estimate of drug-likeness (QED) is 0.325. The molecule has 0 fully saturated rings.